The highest BCUT2D eigenvalue weighted by Gasteiger charge is 2.21. The number of anilines is 1. The molecule has 0 unspecified atom stereocenters. The quantitative estimate of drug-likeness (QED) is 0.487. The Balaban J connectivity index is 1.36. The van der Waals surface area contributed by atoms with Crippen LogP contribution >= 0.6 is 11.8 Å². The second-order valence-electron chi connectivity index (χ2n) is 6.92. The van der Waals surface area contributed by atoms with Gasteiger partial charge >= 0.3 is 0 Å². The summed E-state index contributed by atoms with van der Waals surface area (Å²) in [6.07, 6.45) is 0. The van der Waals surface area contributed by atoms with Crippen LogP contribution in [0.3, 0.4) is 0 Å². The monoisotopic (exact) mass is 456 g/mol. The van der Waals surface area contributed by atoms with E-state index in [1.165, 1.54) is 11.8 Å². The molecule has 1 N–H and O–H groups in total. The highest BCUT2D eigenvalue weighted by molar-refractivity contribution is 8.00. The lowest BCUT2D eigenvalue weighted by Crippen LogP contribution is -2.23. The zero-order chi connectivity index (χ0) is 22.5. The Morgan fingerprint density at radius 1 is 1.16 bits per heavy atom. The summed E-state index contributed by atoms with van der Waals surface area (Å²) < 4.78 is 23.6. The van der Waals surface area contributed by atoms with Crippen LogP contribution in [0.2, 0.25) is 0 Å². The van der Waals surface area contributed by atoms with Crippen LogP contribution in [0.1, 0.15) is 19.7 Å². The van der Waals surface area contributed by atoms with Gasteiger partial charge in [-0.2, -0.15) is 0 Å². The van der Waals surface area contributed by atoms with Crippen LogP contribution in [-0.2, 0) is 17.9 Å². The Bertz CT molecular complexity index is 1090. The van der Waals surface area contributed by atoms with Crippen molar-refractivity contribution in [3.63, 3.8) is 0 Å². The minimum Gasteiger partial charge on any atom is -0.497 e. The number of ether oxygens (including phenoxy) is 4. The number of carbonyl (C=O) groups is 1. The summed E-state index contributed by atoms with van der Waals surface area (Å²) in [5.74, 6) is 3.31. The lowest BCUT2D eigenvalue weighted by Gasteiger charge is -2.13. The van der Waals surface area contributed by atoms with Crippen molar-refractivity contribution in [3.05, 3.63) is 48.3 Å². The summed E-state index contributed by atoms with van der Waals surface area (Å²) in [6, 6.07) is 12.7. The Kier molecular flexibility index (Phi) is 6.69. The van der Waals surface area contributed by atoms with Gasteiger partial charge in [0, 0.05) is 18.3 Å². The highest BCUT2D eigenvalue weighted by atomic mass is 32.2. The van der Waals surface area contributed by atoms with Gasteiger partial charge in [0.1, 0.15) is 18.1 Å². The van der Waals surface area contributed by atoms with Crippen LogP contribution in [0.4, 0.5) is 5.69 Å². The first-order valence-corrected chi connectivity index (χ1v) is 11.0. The zero-order valence-electron chi connectivity index (χ0n) is 18.0. The predicted molar refractivity (Wildman–Crippen MR) is 120 cm³/mol. The average Bonchev–Trinajstić information content (AvgIpc) is 3.44. The molecule has 0 saturated heterocycles. The van der Waals surface area contributed by atoms with Gasteiger partial charge in [-0.05, 0) is 50.2 Å². The maximum absolute atomic E-state index is 12.7. The molecule has 0 radical (unpaired) electrons. The number of fused-ring (bicyclic) bond motifs is 1. The fraction of sp³-hybridized carbons (Fsp3) is 0.318. The Hall–Kier alpha value is -3.40. The van der Waals surface area contributed by atoms with E-state index in [4.69, 9.17) is 18.9 Å². The van der Waals surface area contributed by atoms with Crippen LogP contribution in [0.15, 0.2) is 47.6 Å². The topological polar surface area (TPSA) is 96.7 Å². The van der Waals surface area contributed by atoms with E-state index in [9.17, 15) is 4.79 Å². The smallest absolute Gasteiger partial charge is 0.237 e. The van der Waals surface area contributed by atoms with Crippen LogP contribution in [-0.4, -0.2) is 39.8 Å². The molecule has 3 aromatic rings. The summed E-state index contributed by atoms with van der Waals surface area (Å²) in [5.41, 5.74) is 0.650. The molecule has 4 rings (SSSR count). The summed E-state index contributed by atoms with van der Waals surface area (Å²) in [4.78, 5) is 12.7. The normalized spacial score (nSPS) is 13.0. The van der Waals surface area contributed by atoms with E-state index in [2.05, 4.69) is 15.5 Å². The number of benzene rings is 2. The molecule has 168 valence electrons. The third-order valence-corrected chi connectivity index (χ3v) is 5.91. The second kappa shape index (κ2) is 9.82. The van der Waals surface area contributed by atoms with Gasteiger partial charge < -0.3 is 28.8 Å². The SMILES string of the molecule is CCn1c(COc2ccc(OC)cc2)nnc1S[C@@H](C)C(=O)Nc1ccc2c(c1)OCO2. The number of rotatable bonds is 9. The molecule has 1 aliphatic rings. The van der Waals surface area contributed by atoms with Crippen molar-refractivity contribution in [1.29, 1.82) is 0 Å². The van der Waals surface area contributed by atoms with E-state index in [1.807, 2.05) is 42.7 Å². The molecular weight excluding hydrogens is 432 g/mol. The number of carbonyl (C=O) groups excluding carboxylic acids is 1. The maximum atomic E-state index is 12.7. The molecule has 0 spiro atoms. The van der Waals surface area contributed by atoms with Crippen molar-refractivity contribution in [3.8, 4) is 23.0 Å². The molecule has 1 aliphatic heterocycles. The number of hydrogen-bond donors (Lipinski definition) is 1. The van der Waals surface area contributed by atoms with Crippen LogP contribution in [0.25, 0.3) is 0 Å². The lowest BCUT2D eigenvalue weighted by molar-refractivity contribution is -0.115. The number of methoxy groups -OCH3 is 1. The molecule has 0 aliphatic carbocycles. The van der Waals surface area contributed by atoms with Gasteiger partial charge in [-0.15, -0.1) is 10.2 Å². The standard InChI is InChI=1S/C22H24N4O5S/c1-4-26-20(12-29-17-8-6-16(28-3)7-9-17)24-25-22(26)32-14(2)21(27)23-15-5-10-18-19(11-15)31-13-30-18/h5-11,14H,4,12-13H2,1-3H3,(H,23,27)/t14-/m0/s1. The summed E-state index contributed by atoms with van der Waals surface area (Å²) in [6.45, 7) is 4.95. The van der Waals surface area contributed by atoms with Crippen molar-refractivity contribution in [2.24, 2.45) is 0 Å². The largest absolute Gasteiger partial charge is 0.497 e. The van der Waals surface area contributed by atoms with Crippen LogP contribution in [0, 0.1) is 0 Å². The van der Waals surface area contributed by atoms with E-state index >= 15 is 0 Å². The molecule has 0 fully saturated rings. The third kappa shape index (κ3) is 4.91. The van der Waals surface area contributed by atoms with Crippen LogP contribution < -0.4 is 24.3 Å². The van der Waals surface area contributed by atoms with Gasteiger partial charge in [0.15, 0.2) is 22.5 Å². The minimum absolute atomic E-state index is 0.143. The van der Waals surface area contributed by atoms with Crippen LogP contribution in [0.5, 0.6) is 23.0 Å². The zero-order valence-corrected chi connectivity index (χ0v) is 18.8. The summed E-state index contributed by atoms with van der Waals surface area (Å²) in [7, 11) is 1.62. The number of amides is 1. The van der Waals surface area contributed by atoms with Gasteiger partial charge in [0.2, 0.25) is 12.7 Å². The van der Waals surface area contributed by atoms with Gasteiger partial charge in [0.05, 0.1) is 12.4 Å². The van der Waals surface area contributed by atoms with Gasteiger partial charge in [0.25, 0.3) is 0 Å². The predicted octanol–water partition coefficient (Wildman–Crippen LogP) is 3.73. The molecule has 2 aromatic carbocycles. The number of nitrogens with one attached hydrogen (secondary N) is 1. The molecule has 10 heteroatoms. The van der Waals surface area contributed by atoms with E-state index < -0.39 is 0 Å². The summed E-state index contributed by atoms with van der Waals surface area (Å²) in [5, 5.41) is 11.7. The van der Waals surface area contributed by atoms with E-state index in [0.29, 0.717) is 40.5 Å². The van der Waals surface area contributed by atoms with Gasteiger partial charge in [-0.1, -0.05) is 11.8 Å². The molecular formula is C22H24N4O5S. The molecule has 32 heavy (non-hydrogen) atoms. The van der Waals surface area contributed by atoms with Crippen molar-refractivity contribution in [1.82, 2.24) is 14.8 Å². The number of hydrogen-bond acceptors (Lipinski definition) is 8. The fourth-order valence-electron chi connectivity index (χ4n) is 3.08. The average molecular weight is 457 g/mol. The second-order valence-corrected chi connectivity index (χ2v) is 8.23. The number of aromatic nitrogens is 3. The molecule has 2 heterocycles. The Morgan fingerprint density at radius 3 is 2.66 bits per heavy atom. The Labute approximate surface area is 190 Å². The van der Waals surface area contributed by atoms with Crippen molar-refractivity contribution in [2.45, 2.75) is 37.4 Å². The first-order valence-electron chi connectivity index (χ1n) is 10.1. The third-order valence-electron chi connectivity index (χ3n) is 4.83. The van der Waals surface area contributed by atoms with E-state index in [-0.39, 0.29) is 24.6 Å². The van der Waals surface area contributed by atoms with Crippen molar-refractivity contribution >= 4 is 23.4 Å². The maximum Gasteiger partial charge on any atom is 0.237 e. The number of thioether (sulfide) groups is 1. The van der Waals surface area contributed by atoms with Gasteiger partial charge in [-0.25, -0.2) is 0 Å². The Morgan fingerprint density at radius 2 is 1.91 bits per heavy atom. The van der Waals surface area contributed by atoms with Crippen molar-refractivity contribution < 1.29 is 23.7 Å². The molecule has 1 aromatic heterocycles. The number of nitrogens with zero attached hydrogens (tertiary/aromatic N) is 3. The lowest BCUT2D eigenvalue weighted by atomic mass is 10.2. The molecule has 0 bridgehead atoms. The fourth-order valence-corrected chi connectivity index (χ4v) is 4.01. The van der Waals surface area contributed by atoms with Gasteiger partial charge in [-0.3, -0.25) is 4.79 Å². The van der Waals surface area contributed by atoms with E-state index in [1.54, 1.807) is 25.3 Å². The molecule has 9 nitrogen and oxygen atoms in total. The first-order chi connectivity index (χ1) is 15.6. The first kappa shape index (κ1) is 21.8. The van der Waals surface area contributed by atoms with E-state index in [0.717, 1.165) is 5.75 Å². The van der Waals surface area contributed by atoms with Crippen molar-refractivity contribution in [2.75, 3.05) is 19.2 Å². The minimum atomic E-state index is -0.384. The molecule has 1 atom stereocenters. The molecule has 0 saturated carbocycles. The molecule has 1 amide bonds. The summed E-state index contributed by atoms with van der Waals surface area (Å²) >= 11 is 1.34. The highest BCUT2D eigenvalue weighted by Crippen LogP contribution is 2.34.